The lowest BCUT2D eigenvalue weighted by Gasteiger charge is -2.25. The van der Waals surface area contributed by atoms with Gasteiger partial charge in [0.1, 0.15) is 5.82 Å². The van der Waals surface area contributed by atoms with Gasteiger partial charge in [0.25, 0.3) is 0 Å². The summed E-state index contributed by atoms with van der Waals surface area (Å²) in [6.45, 7) is 11.2. The molecule has 0 aliphatic carbocycles. The van der Waals surface area contributed by atoms with Crippen molar-refractivity contribution in [1.29, 1.82) is 0 Å². The van der Waals surface area contributed by atoms with E-state index in [-0.39, 0.29) is 11.4 Å². The smallest absolute Gasteiger partial charge is 0.123 e. The first kappa shape index (κ1) is 18.6. The molecular formula is C20H29FO. The monoisotopic (exact) mass is 304 g/mol. The highest BCUT2D eigenvalue weighted by Gasteiger charge is 2.18. The lowest BCUT2D eigenvalue weighted by atomic mass is 9.98. The van der Waals surface area contributed by atoms with Crippen molar-refractivity contribution in [2.75, 3.05) is 6.61 Å². The normalized spacial score (nSPS) is 12.4. The van der Waals surface area contributed by atoms with Crippen LogP contribution in [0.2, 0.25) is 0 Å². The zero-order valence-electron chi connectivity index (χ0n) is 14.6. The van der Waals surface area contributed by atoms with Crippen LogP contribution in [0.25, 0.3) is 0 Å². The van der Waals surface area contributed by atoms with Gasteiger partial charge in [-0.25, -0.2) is 4.39 Å². The minimum Gasteiger partial charge on any atom is -0.371 e. The number of halogens is 1. The van der Waals surface area contributed by atoms with Crippen LogP contribution in [0.4, 0.5) is 4.39 Å². The first-order valence-corrected chi connectivity index (χ1v) is 7.96. The highest BCUT2D eigenvalue weighted by atomic mass is 19.1. The number of hydrogen-bond donors (Lipinski definition) is 0. The highest BCUT2D eigenvalue weighted by Crippen LogP contribution is 2.18. The molecule has 0 amide bonds. The Hall–Kier alpha value is -1.41. The summed E-state index contributed by atoms with van der Waals surface area (Å²) in [6.07, 6.45) is 7.36. The second-order valence-corrected chi connectivity index (χ2v) is 6.74. The van der Waals surface area contributed by atoms with Gasteiger partial charge in [0, 0.05) is 6.42 Å². The summed E-state index contributed by atoms with van der Waals surface area (Å²) < 4.78 is 18.9. The van der Waals surface area contributed by atoms with Crippen LogP contribution in [0, 0.1) is 5.82 Å². The van der Waals surface area contributed by atoms with E-state index in [2.05, 4.69) is 46.8 Å². The van der Waals surface area contributed by atoms with Crippen molar-refractivity contribution < 1.29 is 9.13 Å². The van der Waals surface area contributed by atoms with E-state index >= 15 is 0 Å². The Kier molecular flexibility index (Phi) is 7.53. The Balaban J connectivity index is 2.41. The van der Waals surface area contributed by atoms with Crippen LogP contribution < -0.4 is 0 Å². The Morgan fingerprint density at radius 2 is 1.73 bits per heavy atom. The van der Waals surface area contributed by atoms with Gasteiger partial charge in [-0.3, -0.25) is 0 Å². The SMILES string of the molecule is CC(C)=CCC/C(C)=C/COC(C)(C)Cc1ccc(F)cc1. The van der Waals surface area contributed by atoms with E-state index in [1.54, 1.807) is 0 Å². The van der Waals surface area contributed by atoms with E-state index in [0.717, 1.165) is 24.8 Å². The zero-order chi connectivity index (χ0) is 16.6. The zero-order valence-corrected chi connectivity index (χ0v) is 14.6. The molecule has 0 fully saturated rings. The molecule has 1 rings (SSSR count). The second kappa shape index (κ2) is 8.89. The Morgan fingerprint density at radius 3 is 2.32 bits per heavy atom. The molecule has 0 aliphatic heterocycles. The molecule has 0 atom stereocenters. The molecule has 22 heavy (non-hydrogen) atoms. The molecule has 0 aromatic heterocycles. The summed E-state index contributed by atoms with van der Waals surface area (Å²) in [6, 6.07) is 6.64. The van der Waals surface area contributed by atoms with Gasteiger partial charge in [0.05, 0.1) is 12.2 Å². The number of benzene rings is 1. The van der Waals surface area contributed by atoms with Crippen LogP contribution in [0.1, 0.15) is 53.0 Å². The van der Waals surface area contributed by atoms with Crippen molar-refractivity contribution in [3.63, 3.8) is 0 Å². The standard InChI is InChI=1S/C20H29FO/c1-16(2)7-6-8-17(3)13-14-22-20(4,5)15-18-9-11-19(21)12-10-18/h7,9-13H,6,8,14-15H2,1-5H3/b17-13+. The van der Waals surface area contributed by atoms with Gasteiger partial charge in [-0.2, -0.15) is 0 Å². The van der Waals surface area contributed by atoms with Crippen LogP contribution in [0.3, 0.4) is 0 Å². The molecule has 0 unspecified atom stereocenters. The third-order valence-electron chi connectivity index (χ3n) is 3.54. The van der Waals surface area contributed by atoms with Crippen LogP contribution in [0.5, 0.6) is 0 Å². The molecular weight excluding hydrogens is 275 g/mol. The molecule has 1 aromatic rings. The molecule has 0 heterocycles. The summed E-state index contributed by atoms with van der Waals surface area (Å²) in [7, 11) is 0. The lowest BCUT2D eigenvalue weighted by Crippen LogP contribution is -2.27. The topological polar surface area (TPSA) is 9.23 Å². The second-order valence-electron chi connectivity index (χ2n) is 6.74. The highest BCUT2D eigenvalue weighted by molar-refractivity contribution is 5.17. The van der Waals surface area contributed by atoms with Crippen molar-refractivity contribution in [3.05, 3.63) is 58.9 Å². The third kappa shape index (κ3) is 8.14. The van der Waals surface area contributed by atoms with Gasteiger partial charge >= 0.3 is 0 Å². The molecule has 1 nitrogen and oxygen atoms in total. The van der Waals surface area contributed by atoms with E-state index in [0.29, 0.717) is 6.61 Å². The molecule has 0 bridgehead atoms. The summed E-state index contributed by atoms with van der Waals surface area (Å²) >= 11 is 0. The third-order valence-corrected chi connectivity index (χ3v) is 3.54. The molecule has 0 spiro atoms. The summed E-state index contributed by atoms with van der Waals surface area (Å²) in [5.41, 5.74) is 3.56. The van der Waals surface area contributed by atoms with Gasteiger partial charge in [-0.05, 0) is 65.2 Å². The lowest BCUT2D eigenvalue weighted by molar-refractivity contribution is -0.000494. The molecule has 0 saturated carbocycles. The molecule has 0 radical (unpaired) electrons. The number of ether oxygens (including phenoxy) is 1. The van der Waals surface area contributed by atoms with Gasteiger partial charge in [-0.15, -0.1) is 0 Å². The average molecular weight is 304 g/mol. The largest absolute Gasteiger partial charge is 0.371 e. The number of allylic oxidation sites excluding steroid dienone is 3. The minimum atomic E-state index is -0.255. The van der Waals surface area contributed by atoms with Crippen molar-refractivity contribution in [3.8, 4) is 0 Å². The maximum absolute atomic E-state index is 12.9. The maximum Gasteiger partial charge on any atom is 0.123 e. The van der Waals surface area contributed by atoms with Crippen LogP contribution in [0.15, 0.2) is 47.6 Å². The van der Waals surface area contributed by atoms with Crippen molar-refractivity contribution in [2.24, 2.45) is 0 Å². The molecule has 0 N–H and O–H groups in total. The molecule has 2 heteroatoms. The van der Waals surface area contributed by atoms with Gasteiger partial charge in [0.2, 0.25) is 0 Å². The molecule has 0 aliphatic rings. The number of hydrogen-bond acceptors (Lipinski definition) is 1. The predicted octanol–water partition coefficient (Wildman–Crippen LogP) is 5.86. The first-order valence-electron chi connectivity index (χ1n) is 7.96. The summed E-state index contributed by atoms with van der Waals surface area (Å²) in [5.74, 6) is -0.197. The number of rotatable bonds is 8. The van der Waals surface area contributed by atoms with E-state index < -0.39 is 0 Å². The van der Waals surface area contributed by atoms with E-state index in [1.165, 1.54) is 23.3 Å². The predicted molar refractivity (Wildman–Crippen MR) is 92.6 cm³/mol. The van der Waals surface area contributed by atoms with Crippen LogP contribution in [-0.2, 0) is 11.2 Å². The van der Waals surface area contributed by atoms with E-state index in [1.807, 2.05) is 12.1 Å². The van der Waals surface area contributed by atoms with Gasteiger partial charge in [0.15, 0.2) is 0 Å². The van der Waals surface area contributed by atoms with Gasteiger partial charge < -0.3 is 4.74 Å². The minimum absolute atomic E-state index is 0.197. The van der Waals surface area contributed by atoms with Crippen molar-refractivity contribution in [1.82, 2.24) is 0 Å². The fraction of sp³-hybridized carbons (Fsp3) is 0.500. The van der Waals surface area contributed by atoms with E-state index in [4.69, 9.17) is 4.74 Å². The maximum atomic E-state index is 12.9. The summed E-state index contributed by atoms with van der Waals surface area (Å²) in [5, 5.41) is 0. The quantitative estimate of drug-likeness (QED) is 0.547. The first-order chi connectivity index (χ1) is 10.3. The van der Waals surface area contributed by atoms with Gasteiger partial charge in [-0.1, -0.05) is 35.4 Å². The molecule has 122 valence electrons. The van der Waals surface area contributed by atoms with E-state index in [9.17, 15) is 4.39 Å². The van der Waals surface area contributed by atoms with Crippen LogP contribution in [-0.4, -0.2) is 12.2 Å². The Labute approximate surface area is 134 Å². The fourth-order valence-electron chi connectivity index (χ4n) is 2.24. The molecule has 1 aromatic carbocycles. The van der Waals surface area contributed by atoms with Crippen LogP contribution >= 0.6 is 0 Å². The Morgan fingerprint density at radius 1 is 1.09 bits per heavy atom. The summed E-state index contributed by atoms with van der Waals surface area (Å²) in [4.78, 5) is 0. The van der Waals surface area contributed by atoms with Crippen molar-refractivity contribution in [2.45, 2.75) is 59.5 Å². The molecule has 0 saturated heterocycles. The fourth-order valence-corrected chi connectivity index (χ4v) is 2.24. The Bertz CT molecular complexity index is 505. The average Bonchev–Trinajstić information content (AvgIpc) is 2.40. The van der Waals surface area contributed by atoms with Crippen molar-refractivity contribution >= 4 is 0 Å².